The first-order valence-electron chi connectivity index (χ1n) is 6.10. The number of hydrogen-bond acceptors (Lipinski definition) is 3. The maximum atomic E-state index is 4.67. The minimum Gasteiger partial charge on any atom is -0.317 e. The average molecular weight is 228 g/mol. The van der Waals surface area contributed by atoms with Gasteiger partial charge in [0.1, 0.15) is 0 Å². The third kappa shape index (κ3) is 2.22. The highest BCUT2D eigenvalue weighted by Crippen LogP contribution is 2.21. The Hall–Kier alpha value is -1.68. The molecule has 0 saturated carbocycles. The van der Waals surface area contributed by atoms with Crippen LogP contribution in [0.1, 0.15) is 18.9 Å². The van der Waals surface area contributed by atoms with Crippen molar-refractivity contribution in [2.24, 2.45) is 0 Å². The van der Waals surface area contributed by atoms with Crippen LogP contribution >= 0.6 is 0 Å². The van der Waals surface area contributed by atoms with Gasteiger partial charge >= 0.3 is 0 Å². The monoisotopic (exact) mass is 228 g/mol. The lowest BCUT2D eigenvalue weighted by atomic mass is 10.1. The SMILES string of the molecule is c1cc(-c2ccn(C3CCNCC3)n2)ccn1. The van der Waals surface area contributed by atoms with Crippen LogP contribution in [0, 0.1) is 0 Å². The number of hydrogen-bond donors (Lipinski definition) is 1. The van der Waals surface area contributed by atoms with Gasteiger partial charge in [-0.15, -0.1) is 0 Å². The van der Waals surface area contributed by atoms with Crippen molar-refractivity contribution in [1.82, 2.24) is 20.1 Å². The minimum absolute atomic E-state index is 0.548. The second-order valence-corrected chi connectivity index (χ2v) is 4.40. The number of rotatable bonds is 2. The van der Waals surface area contributed by atoms with Crippen molar-refractivity contribution in [2.75, 3.05) is 13.1 Å². The number of pyridine rings is 1. The zero-order valence-electron chi connectivity index (χ0n) is 9.71. The summed E-state index contributed by atoms with van der Waals surface area (Å²) in [6, 6.07) is 6.62. The normalized spacial score (nSPS) is 17.2. The standard InChI is InChI=1S/C13H16N4/c1-6-14-7-2-11(1)13-5-10-17(16-13)12-3-8-15-9-4-12/h1-2,5-7,10,12,15H,3-4,8-9H2. The fourth-order valence-corrected chi connectivity index (χ4v) is 2.29. The molecule has 1 N–H and O–H groups in total. The Labute approximate surface area is 101 Å². The molecule has 3 heterocycles. The number of aromatic nitrogens is 3. The molecule has 0 amide bonds. The van der Waals surface area contributed by atoms with Crippen molar-refractivity contribution in [1.29, 1.82) is 0 Å². The molecule has 0 radical (unpaired) electrons. The zero-order valence-corrected chi connectivity index (χ0v) is 9.71. The van der Waals surface area contributed by atoms with E-state index < -0.39 is 0 Å². The van der Waals surface area contributed by atoms with Gasteiger partial charge in [-0.25, -0.2) is 0 Å². The Morgan fingerprint density at radius 2 is 1.88 bits per heavy atom. The molecule has 1 aliphatic rings. The van der Waals surface area contributed by atoms with E-state index in [-0.39, 0.29) is 0 Å². The predicted octanol–water partition coefficient (Wildman–Crippen LogP) is 1.87. The molecule has 0 aliphatic carbocycles. The van der Waals surface area contributed by atoms with Crippen LogP contribution < -0.4 is 5.32 Å². The molecular weight excluding hydrogens is 212 g/mol. The van der Waals surface area contributed by atoms with Gasteiger partial charge in [-0.1, -0.05) is 0 Å². The van der Waals surface area contributed by atoms with E-state index in [9.17, 15) is 0 Å². The van der Waals surface area contributed by atoms with E-state index in [1.807, 2.05) is 12.1 Å². The highest BCUT2D eigenvalue weighted by molar-refractivity contribution is 5.57. The van der Waals surface area contributed by atoms with E-state index in [0.29, 0.717) is 6.04 Å². The Morgan fingerprint density at radius 3 is 2.65 bits per heavy atom. The molecule has 17 heavy (non-hydrogen) atoms. The lowest BCUT2D eigenvalue weighted by molar-refractivity contribution is 0.343. The molecule has 0 atom stereocenters. The van der Waals surface area contributed by atoms with Crippen molar-refractivity contribution in [3.05, 3.63) is 36.8 Å². The quantitative estimate of drug-likeness (QED) is 0.853. The predicted molar refractivity (Wildman–Crippen MR) is 66.6 cm³/mol. The molecule has 0 bridgehead atoms. The second-order valence-electron chi connectivity index (χ2n) is 4.40. The Balaban J connectivity index is 1.83. The van der Waals surface area contributed by atoms with Crippen molar-refractivity contribution in [2.45, 2.75) is 18.9 Å². The highest BCUT2D eigenvalue weighted by Gasteiger charge is 2.15. The van der Waals surface area contributed by atoms with Gasteiger partial charge in [0.25, 0.3) is 0 Å². The van der Waals surface area contributed by atoms with Crippen molar-refractivity contribution in [3.63, 3.8) is 0 Å². The van der Waals surface area contributed by atoms with Crippen molar-refractivity contribution >= 4 is 0 Å². The van der Waals surface area contributed by atoms with Gasteiger partial charge in [0.2, 0.25) is 0 Å². The smallest absolute Gasteiger partial charge is 0.0924 e. The summed E-state index contributed by atoms with van der Waals surface area (Å²) in [6.07, 6.45) is 8.03. The first kappa shape index (κ1) is 10.5. The number of piperidine rings is 1. The third-order valence-electron chi connectivity index (χ3n) is 3.27. The molecule has 1 aliphatic heterocycles. The third-order valence-corrected chi connectivity index (χ3v) is 3.27. The van der Waals surface area contributed by atoms with E-state index in [4.69, 9.17) is 0 Å². The molecule has 2 aromatic rings. The van der Waals surface area contributed by atoms with E-state index in [1.165, 1.54) is 0 Å². The van der Waals surface area contributed by atoms with Crippen LogP contribution in [0.4, 0.5) is 0 Å². The van der Waals surface area contributed by atoms with Gasteiger partial charge in [0.15, 0.2) is 0 Å². The van der Waals surface area contributed by atoms with Gasteiger partial charge in [-0.05, 0) is 44.1 Å². The van der Waals surface area contributed by atoms with E-state index in [1.54, 1.807) is 12.4 Å². The Kier molecular flexibility index (Phi) is 2.88. The second kappa shape index (κ2) is 4.67. The summed E-state index contributed by atoms with van der Waals surface area (Å²) < 4.78 is 2.11. The summed E-state index contributed by atoms with van der Waals surface area (Å²) in [5, 5.41) is 8.04. The molecule has 0 aromatic carbocycles. The van der Waals surface area contributed by atoms with Gasteiger partial charge in [0.05, 0.1) is 11.7 Å². The maximum absolute atomic E-state index is 4.67. The Bertz CT molecular complexity index is 471. The summed E-state index contributed by atoms with van der Waals surface area (Å²) in [7, 11) is 0. The molecule has 4 heteroatoms. The molecule has 0 spiro atoms. The van der Waals surface area contributed by atoms with E-state index >= 15 is 0 Å². The summed E-state index contributed by atoms with van der Waals surface area (Å²) in [6.45, 7) is 2.18. The van der Waals surface area contributed by atoms with Crippen molar-refractivity contribution < 1.29 is 0 Å². The lowest BCUT2D eigenvalue weighted by Crippen LogP contribution is -2.29. The minimum atomic E-state index is 0.548. The molecule has 1 fully saturated rings. The fourth-order valence-electron chi connectivity index (χ4n) is 2.29. The van der Waals surface area contributed by atoms with Crippen molar-refractivity contribution in [3.8, 4) is 11.3 Å². The molecule has 88 valence electrons. The van der Waals surface area contributed by atoms with E-state index in [0.717, 1.165) is 37.2 Å². The first-order chi connectivity index (χ1) is 8.43. The van der Waals surface area contributed by atoms with Gasteiger partial charge in [-0.3, -0.25) is 9.67 Å². The van der Waals surface area contributed by atoms with Crippen LogP contribution in [0.15, 0.2) is 36.8 Å². The highest BCUT2D eigenvalue weighted by atomic mass is 15.3. The summed E-state index contributed by atoms with van der Waals surface area (Å²) in [5.74, 6) is 0. The summed E-state index contributed by atoms with van der Waals surface area (Å²) in [5.41, 5.74) is 2.17. The van der Waals surface area contributed by atoms with Gasteiger partial charge in [-0.2, -0.15) is 5.10 Å². The Morgan fingerprint density at radius 1 is 1.12 bits per heavy atom. The zero-order chi connectivity index (χ0) is 11.5. The van der Waals surface area contributed by atoms with Crippen LogP contribution in [0.25, 0.3) is 11.3 Å². The largest absolute Gasteiger partial charge is 0.317 e. The van der Waals surface area contributed by atoms with E-state index in [2.05, 4.69) is 32.3 Å². The molecule has 2 aromatic heterocycles. The number of nitrogens with zero attached hydrogens (tertiary/aromatic N) is 3. The van der Waals surface area contributed by atoms with Crippen LogP contribution in [0.3, 0.4) is 0 Å². The fraction of sp³-hybridized carbons (Fsp3) is 0.385. The van der Waals surface area contributed by atoms with Crippen LogP contribution in [0.5, 0.6) is 0 Å². The maximum Gasteiger partial charge on any atom is 0.0924 e. The summed E-state index contributed by atoms with van der Waals surface area (Å²) in [4.78, 5) is 4.02. The van der Waals surface area contributed by atoms with Crippen LogP contribution in [0.2, 0.25) is 0 Å². The molecule has 4 nitrogen and oxygen atoms in total. The molecule has 1 saturated heterocycles. The van der Waals surface area contributed by atoms with Crippen LogP contribution in [-0.4, -0.2) is 27.9 Å². The lowest BCUT2D eigenvalue weighted by Gasteiger charge is -2.22. The molecular formula is C13H16N4. The molecule has 0 unspecified atom stereocenters. The van der Waals surface area contributed by atoms with Gasteiger partial charge in [0, 0.05) is 24.2 Å². The topological polar surface area (TPSA) is 42.7 Å². The molecule has 3 rings (SSSR count). The van der Waals surface area contributed by atoms with Crippen LogP contribution in [-0.2, 0) is 0 Å². The first-order valence-corrected chi connectivity index (χ1v) is 6.10. The number of nitrogens with one attached hydrogen (secondary N) is 1. The van der Waals surface area contributed by atoms with Gasteiger partial charge < -0.3 is 5.32 Å². The average Bonchev–Trinajstić information content (AvgIpc) is 2.90. The summed E-state index contributed by atoms with van der Waals surface area (Å²) >= 11 is 0.